The van der Waals surface area contributed by atoms with E-state index in [1.807, 2.05) is 20.8 Å². The van der Waals surface area contributed by atoms with Crippen LogP contribution in [-0.4, -0.2) is 15.2 Å². The second-order valence-electron chi connectivity index (χ2n) is 5.13. The number of rotatable bonds is 2. The highest BCUT2D eigenvalue weighted by molar-refractivity contribution is 5.85. The summed E-state index contributed by atoms with van der Waals surface area (Å²) in [4.78, 5) is 4.01. The van der Waals surface area contributed by atoms with Crippen LogP contribution >= 0.6 is 12.4 Å². The van der Waals surface area contributed by atoms with E-state index in [0.717, 1.165) is 0 Å². The van der Waals surface area contributed by atoms with Gasteiger partial charge in [-0.05, 0) is 12.3 Å². The van der Waals surface area contributed by atoms with E-state index < -0.39 is 0 Å². The van der Waals surface area contributed by atoms with E-state index in [0.29, 0.717) is 16.8 Å². The van der Waals surface area contributed by atoms with Gasteiger partial charge in [-0.2, -0.15) is 0 Å². The fourth-order valence-corrected chi connectivity index (χ4v) is 1.56. The largest absolute Gasteiger partial charge is 0.506 e. The molecular formula is C12H21ClN2O2. The van der Waals surface area contributed by atoms with E-state index in [1.165, 1.54) is 0 Å². The van der Waals surface area contributed by atoms with Gasteiger partial charge in [-0.15, -0.1) is 12.4 Å². The molecule has 0 aromatic carbocycles. The Morgan fingerprint density at radius 1 is 1.41 bits per heavy atom. The van der Waals surface area contributed by atoms with Crippen molar-refractivity contribution in [3.05, 3.63) is 23.0 Å². The van der Waals surface area contributed by atoms with Crippen LogP contribution in [0.1, 0.15) is 43.6 Å². The van der Waals surface area contributed by atoms with Gasteiger partial charge < -0.3 is 15.9 Å². The van der Waals surface area contributed by atoms with E-state index in [9.17, 15) is 10.2 Å². The van der Waals surface area contributed by atoms with Gasteiger partial charge in [-0.25, -0.2) is 0 Å². The Balaban J connectivity index is 0.00000256. The van der Waals surface area contributed by atoms with Gasteiger partial charge in [0.25, 0.3) is 0 Å². The van der Waals surface area contributed by atoms with E-state index in [4.69, 9.17) is 5.73 Å². The van der Waals surface area contributed by atoms with Crippen molar-refractivity contribution in [1.29, 1.82) is 0 Å². The number of aromatic nitrogens is 1. The molecule has 0 amide bonds. The van der Waals surface area contributed by atoms with Crippen molar-refractivity contribution in [2.75, 3.05) is 0 Å². The highest BCUT2D eigenvalue weighted by Gasteiger charge is 2.27. The number of aliphatic hydroxyl groups is 1. The lowest BCUT2D eigenvalue weighted by atomic mass is 9.81. The number of hydrogen-bond donors (Lipinski definition) is 3. The molecule has 17 heavy (non-hydrogen) atoms. The first kappa shape index (κ1) is 16.2. The number of halogens is 1. The Bertz CT molecular complexity index is 389. The first-order valence-corrected chi connectivity index (χ1v) is 5.32. The summed E-state index contributed by atoms with van der Waals surface area (Å²) in [6, 6.07) is -0.337. The zero-order valence-electron chi connectivity index (χ0n) is 10.7. The third kappa shape index (κ3) is 3.31. The van der Waals surface area contributed by atoms with Crippen LogP contribution in [0.5, 0.6) is 5.75 Å². The molecule has 0 spiro atoms. The number of pyridine rings is 1. The number of nitrogens with two attached hydrogens (primary N) is 1. The minimum Gasteiger partial charge on any atom is -0.506 e. The fourth-order valence-electron chi connectivity index (χ4n) is 1.56. The van der Waals surface area contributed by atoms with Crippen molar-refractivity contribution in [2.24, 2.45) is 11.1 Å². The molecule has 0 bridgehead atoms. The van der Waals surface area contributed by atoms with Crippen LogP contribution in [0.2, 0.25) is 0 Å². The molecule has 0 aliphatic carbocycles. The topological polar surface area (TPSA) is 79.4 Å². The molecule has 0 aliphatic rings. The molecule has 1 heterocycles. The second-order valence-corrected chi connectivity index (χ2v) is 5.13. The molecule has 4 nitrogen and oxygen atoms in total. The molecule has 0 saturated heterocycles. The predicted octanol–water partition coefficient (Wildman–Crippen LogP) is 2.06. The Hall–Kier alpha value is -0.840. The molecule has 1 atom stereocenters. The molecule has 1 rings (SSSR count). The average molecular weight is 261 g/mol. The molecule has 0 aliphatic heterocycles. The summed E-state index contributed by atoms with van der Waals surface area (Å²) in [6.07, 6.45) is 1.57. The summed E-state index contributed by atoms with van der Waals surface area (Å²) in [5, 5.41) is 19.2. The summed E-state index contributed by atoms with van der Waals surface area (Å²) in [7, 11) is 0. The molecule has 98 valence electrons. The van der Waals surface area contributed by atoms with Crippen LogP contribution in [0.3, 0.4) is 0 Å². The molecule has 5 heteroatoms. The highest BCUT2D eigenvalue weighted by Crippen LogP contribution is 2.38. The summed E-state index contributed by atoms with van der Waals surface area (Å²) < 4.78 is 0. The Morgan fingerprint density at radius 3 is 2.35 bits per heavy atom. The Labute approximate surface area is 108 Å². The van der Waals surface area contributed by atoms with E-state index in [2.05, 4.69) is 4.98 Å². The number of aryl methyl sites for hydroxylation is 1. The SMILES string of the molecule is Cc1ncc(CO)c([C@@H](N)C(C)(C)C)c1O.Cl. The summed E-state index contributed by atoms with van der Waals surface area (Å²) >= 11 is 0. The molecule has 4 N–H and O–H groups in total. The van der Waals surface area contributed by atoms with Gasteiger partial charge in [0.2, 0.25) is 0 Å². The summed E-state index contributed by atoms with van der Waals surface area (Å²) in [5.41, 5.74) is 7.66. The molecule has 0 fully saturated rings. The predicted molar refractivity (Wildman–Crippen MR) is 70.2 cm³/mol. The van der Waals surface area contributed by atoms with Crippen molar-refractivity contribution in [2.45, 2.75) is 40.3 Å². The van der Waals surface area contributed by atoms with Crippen molar-refractivity contribution < 1.29 is 10.2 Å². The normalized spacial score (nSPS) is 13.1. The van der Waals surface area contributed by atoms with E-state index in [-0.39, 0.29) is 36.2 Å². The minimum absolute atomic E-state index is 0. The highest BCUT2D eigenvalue weighted by atomic mass is 35.5. The van der Waals surface area contributed by atoms with Gasteiger partial charge in [0.05, 0.1) is 12.3 Å². The molecule has 0 radical (unpaired) electrons. The van der Waals surface area contributed by atoms with Crippen molar-refractivity contribution >= 4 is 12.4 Å². The third-order valence-electron chi connectivity index (χ3n) is 2.77. The van der Waals surface area contributed by atoms with Gasteiger partial charge in [0, 0.05) is 23.4 Å². The van der Waals surface area contributed by atoms with Crippen molar-refractivity contribution in [1.82, 2.24) is 4.98 Å². The van der Waals surface area contributed by atoms with Gasteiger partial charge in [0.1, 0.15) is 5.75 Å². The fraction of sp³-hybridized carbons (Fsp3) is 0.583. The number of nitrogens with zero attached hydrogens (tertiary/aromatic N) is 1. The maximum atomic E-state index is 9.99. The van der Waals surface area contributed by atoms with Gasteiger partial charge in [-0.1, -0.05) is 20.8 Å². The van der Waals surface area contributed by atoms with Crippen LogP contribution in [0.25, 0.3) is 0 Å². The van der Waals surface area contributed by atoms with Crippen molar-refractivity contribution in [3.63, 3.8) is 0 Å². The zero-order valence-corrected chi connectivity index (χ0v) is 11.5. The van der Waals surface area contributed by atoms with Gasteiger partial charge in [0.15, 0.2) is 0 Å². The van der Waals surface area contributed by atoms with Crippen LogP contribution in [0.4, 0.5) is 0 Å². The summed E-state index contributed by atoms with van der Waals surface area (Å²) in [5.74, 6) is 0.0916. The smallest absolute Gasteiger partial charge is 0.141 e. The monoisotopic (exact) mass is 260 g/mol. The maximum absolute atomic E-state index is 9.99. The van der Waals surface area contributed by atoms with E-state index >= 15 is 0 Å². The molecule has 0 unspecified atom stereocenters. The van der Waals surface area contributed by atoms with Crippen LogP contribution in [0.15, 0.2) is 6.20 Å². The lowest BCUT2D eigenvalue weighted by Gasteiger charge is -2.29. The number of hydrogen-bond acceptors (Lipinski definition) is 4. The summed E-state index contributed by atoms with van der Waals surface area (Å²) in [6.45, 7) is 7.53. The lowest BCUT2D eigenvalue weighted by molar-refractivity contribution is 0.268. The van der Waals surface area contributed by atoms with Gasteiger partial charge in [-0.3, -0.25) is 4.98 Å². The molecule has 0 saturated carbocycles. The standard InChI is InChI=1S/C12H20N2O2.ClH/c1-7-10(16)9(8(6-15)5-14-7)11(13)12(2,3)4;/h5,11,15-16H,6,13H2,1-4H3;1H/t11-;/m1./s1. The quantitative estimate of drug-likeness (QED) is 0.760. The van der Waals surface area contributed by atoms with Crippen molar-refractivity contribution in [3.8, 4) is 5.75 Å². The minimum atomic E-state index is -0.337. The zero-order chi connectivity index (χ0) is 12.5. The van der Waals surface area contributed by atoms with Crippen LogP contribution < -0.4 is 5.73 Å². The molecule has 1 aromatic rings. The third-order valence-corrected chi connectivity index (χ3v) is 2.77. The number of aliphatic hydroxyl groups excluding tert-OH is 1. The van der Waals surface area contributed by atoms with Gasteiger partial charge >= 0.3 is 0 Å². The lowest BCUT2D eigenvalue weighted by Crippen LogP contribution is -2.27. The second kappa shape index (κ2) is 5.67. The first-order chi connectivity index (χ1) is 7.29. The maximum Gasteiger partial charge on any atom is 0.141 e. The van der Waals surface area contributed by atoms with Crippen LogP contribution in [0, 0.1) is 12.3 Å². The Kier molecular flexibility index (Phi) is 5.39. The first-order valence-electron chi connectivity index (χ1n) is 5.32. The number of aromatic hydroxyl groups is 1. The molecule has 1 aromatic heterocycles. The van der Waals surface area contributed by atoms with E-state index in [1.54, 1.807) is 13.1 Å². The Morgan fingerprint density at radius 2 is 1.94 bits per heavy atom. The van der Waals surface area contributed by atoms with Crippen LogP contribution in [-0.2, 0) is 6.61 Å². The molecular weight excluding hydrogens is 240 g/mol. The average Bonchev–Trinajstić information content (AvgIpc) is 2.19.